The van der Waals surface area contributed by atoms with Gasteiger partial charge in [0, 0.05) is 12.0 Å². The second kappa shape index (κ2) is 10.7. The van der Waals surface area contributed by atoms with Crippen LogP contribution in [0.1, 0.15) is 72.6 Å². The summed E-state index contributed by atoms with van der Waals surface area (Å²) in [7, 11) is 0. The molecule has 0 aliphatic heterocycles. The molecule has 1 amide bonds. The average molecular weight is 285 g/mol. The van der Waals surface area contributed by atoms with Crippen molar-refractivity contribution in [3.05, 3.63) is 0 Å². The van der Waals surface area contributed by atoms with E-state index in [0.717, 1.165) is 38.5 Å². The first-order valence-corrected chi connectivity index (χ1v) is 7.95. The Morgan fingerprint density at radius 2 is 1.70 bits per heavy atom. The molecule has 118 valence electrons. The summed E-state index contributed by atoms with van der Waals surface area (Å²) in [4.78, 5) is 22.8. The highest BCUT2D eigenvalue weighted by atomic mass is 16.4. The molecule has 4 heteroatoms. The van der Waals surface area contributed by atoms with Crippen molar-refractivity contribution in [1.29, 1.82) is 0 Å². The standard InChI is InChI=1S/C16H31NO3/c1-5-7-11-14(6-2)15(18)17-13(4)10-8-9-12(3)16(19)20/h12-14H,5-11H2,1-4H3,(H,17,18)(H,19,20). The fourth-order valence-electron chi connectivity index (χ4n) is 2.26. The lowest BCUT2D eigenvalue weighted by atomic mass is 9.97. The van der Waals surface area contributed by atoms with Gasteiger partial charge in [-0.15, -0.1) is 0 Å². The highest BCUT2D eigenvalue weighted by molar-refractivity contribution is 5.78. The van der Waals surface area contributed by atoms with Gasteiger partial charge in [-0.05, 0) is 32.6 Å². The summed E-state index contributed by atoms with van der Waals surface area (Å²) >= 11 is 0. The number of carboxylic acid groups (broad SMARTS) is 1. The van der Waals surface area contributed by atoms with E-state index in [1.165, 1.54) is 0 Å². The number of carbonyl (C=O) groups excluding carboxylic acids is 1. The van der Waals surface area contributed by atoms with Gasteiger partial charge in [-0.1, -0.05) is 40.0 Å². The Kier molecular flexibility index (Phi) is 10.1. The molecule has 3 unspecified atom stereocenters. The summed E-state index contributed by atoms with van der Waals surface area (Å²) in [5, 5.41) is 11.9. The minimum atomic E-state index is -0.743. The molecule has 0 bridgehead atoms. The predicted molar refractivity (Wildman–Crippen MR) is 81.6 cm³/mol. The summed E-state index contributed by atoms with van der Waals surface area (Å²) in [5.74, 6) is -0.770. The summed E-state index contributed by atoms with van der Waals surface area (Å²) < 4.78 is 0. The van der Waals surface area contributed by atoms with Crippen LogP contribution in [0.25, 0.3) is 0 Å². The zero-order valence-electron chi connectivity index (χ0n) is 13.4. The van der Waals surface area contributed by atoms with Gasteiger partial charge in [-0.3, -0.25) is 9.59 Å². The predicted octanol–water partition coefficient (Wildman–Crippen LogP) is 3.60. The second-order valence-electron chi connectivity index (χ2n) is 5.83. The molecule has 0 aliphatic rings. The maximum absolute atomic E-state index is 12.1. The van der Waals surface area contributed by atoms with Crippen molar-refractivity contribution in [3.63, 3.8) is 0 Å². The molecular formula is C16H31NO3. The summed E-state index contributed by atoms with van der Waals surface area (Å²) in [6.45, 7) is 7.91. The minimum Gasteiger partial charge on any atom is -0.481 e. The number of carbonyl (C=O) groups is 2. The van der Waals surface area contributed by atoms with Crippen LogP contribution in [0.2, 0.25) is 0 Å². The number of carboxylic acids is 1. The van der Waals surface area contributed by atoms with Crippen molar-refractivity contribution in [3.8, 4) is 0 Å². The third-order valence-corrected chi connectivity index (χ3v) is 3.85. The van der Waals surface area contributed by atoms with Crippen molar-refractivity contribution >= 4 is 11.9 Å². The van der Waals surface area contributed by atoms with E-state index in [2.05, 4.69) is 19.2 Å². The van der Waals surface area contributed by atoms with E-state index in [1.807, 2.05) is 6.92 Å². The topological polar surface area (TPSA) is 66.4 Å². The van der Waals surface area contributed by atoms with E-state index < -0.39 is 5.97 Å². The van der Waals surface area contributed by atoms with Crippen LogP contribution in [-0.2, 0) is 9.59 Å². The first kappa shape index (κ1) is 18.9. The van der Waals surface area contributed by atoms with E-state index in [9.17, 15) is 9.59 Å². The Morgan fingerprint density at radius 1 is 1.05 bits per heavy atom. The van der Waals surface area contributed by atoms with Crippen LogP contribution in [0.15, 0.2) is 0 Å². The molecule has 0 fully saturated rings. The lowest BCUT2D eigenvalue weighted by Crippen LogP contribution is -2.37. The molecule has 0 aromatic rings. The van der Waals surface area contributed by atoms with Gasteiger partial charge in [-0.25, -0.2) is 0 Å². The number of nitrogens with one attached hydrogen (secondary N) is 1. The van der Waals surface area contributed by atoms with Gasteiger partial charge < -0.3 is 10.4 Å². The van der Waals surface area contributed by atoms with Gasteiger partial charge in [0.1, 0.15) is 0 Å². The van der Waals surface area contributed by atoms with Crippen molar-refractivity contribution in [2.24, 2.45) is 11.8 Å². The zero-order chi connectivity index (χ0) is 15.5. The largest absolute Gasteiger partial charge is 0.481 e. The SMILES string of the molecule is CCCCC(CC)C(=O)NC(C)CCCC(C)C(=O)O. The summed E-state index contributed by atoms with van der Waals surface area (Å²) in [5.41, 5.74) is 0. The normalized spacial score (nSPS) is 15.4. The van der Waals surface area contributed by atoms with Crippen LogP contribution >= 0.6 is 0 Å². The minimum absolute atomic E-state index is 0.121. The smallest absolute Gasteiger partial charge is 0.306 e. The molecule has 20 heavy (non-hydrogen) atoms. The van der Waals surface area contributed by atoms with Crippen LogP contribution in [-0.4, -0.2) is 23.0 Å². The van der Waals surface area contributed by atoms with Crippen LogP contribution in [0.5, 0.6) is 0 Å². The molecule has 4 nitrogen and oxygen atoms in total. The van der Waals surface area contributed by atoms with Gasteiger partial charge in [0.05, 0.1) is 5.92 Å². The van der Waals surface area contributed by atoms with E-state index >= 15 is 0 Å². The first-order valence-electron chi connectivity index (χ1n) is 7.95. The van der Waals surface area contributed by atoms with Gasteiger partial charge in [0.2, 0.25) is 5.91 Å². The third-order valence-electron chi connectivity index (χ3n) is 3.85. The molecule has 0 aromatic carbocycles. The lowest BCUT2D eigenvalue weighted by Gasteiger charge is -2.19. The molecule has 0 saturated carbocycles. The Balaban J connectivity index is 3.96. The number of amides is 1. The monoisotopic (exact) mass is 285 g/mol. The average Bonchev–Trinajstić information content (AvgIpc) is 2.39. The molecule has 0 heterocycles. The Hall–Kier alpha value is -1.06. The molecule has 0 rings (SSSR count). The van der Waals surface area contributed by atoms with Crippen molar-refractivity contribution in [1.82, 2.24) is 5.32 Å². The Morgan fingerprint density at radius 3 is 2.20 bits per heavy atom. The maximum Gasteiger partial charge on any atom is 0.306 e. The number of rotatable bonds is 11. The fraction of sp³-hybridized carbons (Fsp3) is 0.875. The van der Waals surface area contributed by atoms with E-state index in [-0.39, 0.29) is 23.8 Å². The van der Waals surface area contributed by atoms with E-state index in [0.29, 0.717) is 6.42 Å². The molecule has 0 aliphatic carbocycles. The van der Waals surface area contributed by atoms with Gasteiger partial charge in [-0.2, -0.15) is 0 Å². The van der Waals surface area contributed by atoms with E-state index in [1.54, 1.807) is 6.92 Å². The van der Waals surface area contributed by atoms with Crippen molar-refractivity contribution < 1.29 is 14.7 Å². The molecule has 0 aromatic heterocycles. The second-order valence-corrected chi connectivity index (χ2v) is 5.83. The molecule has 0 radical (unpaired) electrons. The molecule has 3 atom stereocenters. The molecular weight excluding hydrogens is 254 g/mol. The fourth-order valence-corrected chi connectivity index (χ4v) is 2.26. The Labute approximate surface area is 123 Å². The third kappa shape index (κ3) is 8.18. The van der Waals surface area contributed by atoms with Gasteiger partial charge >= 0.3 is 5.97 Å². The van der Waals surface area contributed by atoms with Crippen LogP contribution in [0.4, 0.5) is 0 Å². The zero-order valence-corrected chi connectivity index (χ0v) is 13.4. The summed E-state index contributed by atoms with van der Waals surface area (Å²) in [6.07, 6.45) is 6.40. The highest BCUT2D eigenvalue weighted by Gasteiger charge is 2.18. The Bertz CT molecular complexity index is 291. The number of unbranched alkanes of at least 4 members (excludes halogenated alkanes) is 1. The lowest BCUT2D eigenvalue weighted by molar-refractivity contribution is -0.141. The number of hydrogen-bond acceptors (Lipinski definition) is 2. The van der Waals surface area contributed by atoms with Gasteiger partial charge in [0.15, 0.2) is 0 Å². The van der Waals surface area contributed by atoms with Crippen LogP contribution < -0.4 is 5.32 Å². The highest BCUT2D eigenvalue weighted by Crippen LogP contribution is 2.14. The number of aliphatic carboxylic acids is 1. The quantitative estimate of drug-likeness (QED) is 0.609. The molecule has 2 N–H and O–H groups in total. The van der Waals surface area contributed by atoms with Crippen LogP contribution in [0.3, 0.4) is 0 Å². The van der Waals surface area contributed by atoms with Crippen LogP contribution in [0, 0.1) is 11.8 Å². The summed E-state index contributed by atoms with van der Waals surface area (Å²) in [6, 6.07) is 0.124. The molecule has 0 saturated heterocycles. The molecule has 0 spiro atoms. The van der Waals surface area contributed by atoms with Crippen molar-refractivity contribution in [2.75, 3.05) is 0 Å². The van der Waals surface area contributed by atoms with Gasteiger partial charge in [0.25, 0.3) is 0 Å². The maximum atomic E-state index is 12.1. The van der Waals surface area contributed by atoms with Crippen molar-refractivity contribution in [2.45, 2.75) is 78.7 Å². The van der Waals surface area contributed by atoms with E-state index in [4.69, 9.17) is 5.11 Å². The number of hydrogen-bond donors (Lipinski definition) is 2. The first-order chi connectivity index (χ1) is 9.42.